The summed E-state index contributed by atoms with van der Waals surface area (Å²) < 4.78 is 5.79. The summed E-state index contributed by atoms with van der Waals surface area (Å²) in [6, 6.07) is 7.68. The maximum absolute atomic E-state index is 12.6. The summed E-state index contributed by atoms with van der Waals surface area (Å²) in [6.45, 7) is 2.36. The summed E-state index contributed by atoms with van der Waals surface area (Å²) in [6.07, 6.45) is -0.410. The minimum atomic E-state index is -0.410. The molecule has 6 nitrogen and oxygen atoms in total. The standard InChI is InChI=1S/C17H23N3O3/c1-20(2)10-13-12-5-3-4-6-15(12)23-16(13)17(22)19-8-11-7-18-9-14(11)21/h3-6,11,14,18,21H,7-10H2,1-2H3,(H,19,22). The molecule has 6 heteroatoms. The number of nitrogens with zero attached hydrogens (tertiary/aromatic N) is 1. The Hall–Kier alpha value is -1.89. The van der Waals surface area contributed by atoms with Gasteiger partial charge in [0, 0.05) is 43.0 Å². The van der Waals surface area contributed by atoms with Gasteiger partial charge in [0.25, 0.3) is 5.91 Å². The van der Waals surface area contributed by atoms with Crippen molar-refractivity contribution in [1.29, 1.82) is 0 Å². The van der Waals surface area contributed by atoms with Crippen LogP contribution in [0.2, 0.25) is 0 Å². The smallest absolute Gasteiger partial charge is 0.287 e. The van der Waals surface area contributed by atoms with Gasteiger partial charge in [-0.15, -0.1) is 0 Å². The third kappa shape index (κ3) is 3.39. The molecule has 2 unspecified atom stereocenters. The van der Waals surface area contributed by atoms with Crippen LogP contribution in [0.25, 0.3) is 11.0 Å². The second-order valence-corrected chi connectivity index (χ2v) is 6.34. The van der Waals surface area contributed by atoms with E-state index in [1.807, 2.05) is 43.3 Å². The first-order valence-electron chi connectivity index (χ1n) is 7.88. The van der Waals surface area contributed by atoms with Crippen LogP contribution in [-0.4, -0.2) is 55.7 Å². The van der Waals surface area contributed by atoms with Gasteiger partial charge in [0.1, 0.15) is 5.58 Å². The number of aliphatic hydroxyl groups excluding tert-OH is 1. The van der Waals surface area contributed by atoms with Crippen LogP contribution in [0.3, 0.4) is 0 Å². The van der Waals surface area contributed by atoms with Gasteiger partial charge in [-0.25, -0.2) is 0 Å². The van der Waals surface area contributed by atoms with Crippen LogP contribution in [-0.2, 0) is 6.54 Å². The molecular formula is C17H23N3O3. The molecule has 2 aromatic rings. The summed E-state index contributed by atoms with van der Waals surface area (Å²) in [5.41, 5.74) is 1.62. The van der Waals surface area contributed by atoms with E-state index in [1.54, 1.807) is 0 Å². The highest BCUT2D eigenvalue weighted by molar-refractivity contribution is 5.99. The second-order valence-electron chi connectivity index (χ2n) is 6.34. The van der Waals surface area contributed by atoms with Crippen LogP contribution >= 0.6 is 0 Å². The highest BCUT2D eigenvalue weighted by Gasteiger charge is 2.27. The predicted octanol–water partition coefficient (Wildman–Crippen LogP) is 0.805. The van der Waals surface area contributed by atoms with Gasteiger partial charge in [-0.1, -0.05) is 18.2 Å². The molecule has 0 radical (unpaired) electrons. The molecule has 0 aliphatic carbocycles. The molecule has 1 aliphatic heterocycles. The van der Waals surface area contributed by atoms with Crippen LogP contribution in [0.5, 0.6) is 0 Å². The van der Waals surface area contributed by atoms with Gasteiger partial charge in [0.15, 0.2) is 5.76 Å². The third-order valence-electron chi connectivity index (χ3n) is 4.21. The van der Waals surface area contributed by atoms with Gasteiger partial charge in [-0.05, 0) is 20.2 Å². The zero-order valence-electron chi connectivity index (χ0n) is 13.5. The zero-order chi connectivity index (χ0) is 16.4. The molecule has 1 aromatic heterocycles. The molecule has 2 atom stereocenters. The SMILES string of the molecule is CN(C)Cc1c(C(=O)NCC2CNCC2O)oc2ccccc12. The lowest BCUT2D eigenvalue weighted by Gasteiger charge is -2.14. The Morgan fingerprint density at radius 2 is 2.17 bits per heavy atom. The number of fused-ring (bicyclic) bond motifs is 1. The highest BCUT2D eigenvalue weighted by Crippen LogP contribution is 2.26. The largest absolute Gasteiger partial charge is 0.451 e. The number of hydrogen-bond acceptors (Lipinski definition) is 5. The van der Waals surface area contributed by atoms with Crippen LogP contribution in [0.15, 0.2) is 28.7 Å². The summed E-state index contributed by atoms with van der Waals surface area (Å²) in [4.78, 5) is 14.6. The molecule has 1 saturated heterocycles. The van der Waals surface area contributed by atoms with Crippen molar-refractivity contribution in [2.75, 3.05) is 33.7 Å². The topological polar surface area (TPSA) is 77.7 Å². The number of carbonyl (C=O) groups is 1. The van der Waals surface area contributed by atoms with E-state index >= 15 is 0 Å². The minimum Gasteiger partial charge on any atom is -0.451 e. The van der Waals surface area contributed by atoms with Crippen molar-refractivity contribution in [2.45, 2.75) is 12.6 Å². The van der Waals surface area contributed by atoms with E-state index < -0.39 is 6.10 Å². The molecule has 1 amide bonds. The highest BCUT2D eigenvalue weighted by atomic mass is 16.3. The lowest BCUT2D eigenvalue weighted by atomic mass is 10.1. The van der Waals surface area contributed by atoms with Crippen LogP contribution in [0, 0.1) is 5.92 Å². The lowest BCUT2D eigenvalue weighted by Crippen LogP contribution is -2.34. The number of para-hydroxylation sites is 1. The summed E-state index contributed by atoms with van der Waals surface area (Å²) in [7, 11) is 3.92. The number of nitrogens with one attached hydrogen (secondary N) is 2. The number of carbonyl (C=O) groups excluding carboxylic acids is 1. The minimum absolute atomic E-state index is 0.0422. The second kappa shape index (κ2) is 6.70. The van der Waals surface area contributed by atoms with Crippen molar-refractivity contribution in [3.63, 3.8) is 0 Å². The van der Waals surface area contributed by atoms with E-state index in [1.165, 1.54) is 0 Å². The van der Waals surface area contributed by atoms with Crippen molar-refractivity contribution in [2.24, 2.45) is 5.92 Å². The first-order valence-corrected chi connectivity index (χ1v) is 7.88. The lowest BCUT2D eigenvalue weighted by molar-refractivity contribution is 0.0900. The Balaban J connectivity index is 1.81. The Kier molecular flexibility index (Phi) is 4.66. The maximum Gasteiger partial charge on any atom is 0.287 e. The number of aliphatic hydroxyl groups is 1. The summed E-state index contributed by atoms with van der Waals surface area (Å²) >= 11 is 0. The Morgan fingerprint density at radius 3 is 2.87 bits per heavy atom. The molecule has 3 N–H and O–H groups in total. The van der Waals surface area contributed by atoms with E-state index in [0.717, 1.165) is 16.5 Å². The third-order valence-corrected chi connectivity index (χ3v) is 4.21. The molecule has 3 rings (SSSR count). The van der Waals surface area contributed by atoms with E-state index in [9.17, 15) is 9.90 Å². The molecule has 0 spiro atoms. The molecule has 23 heavy (non-hydrogen) atoms. The zero-order valence-corrected chi connectivity index (χ0v) is 13.5. The van der Waals surface area contributed by atoms with Gasteiger partial charge in [-0.3, -0.25) is 4.79 Å². The Bertz CT molecular complexity index is 695. The first-order chi connectivity index (χ1) is 11.1. The summed E-state index contributed by atoms with van der Waals surface area (Å²) in [5.74, 6) is 0.179. The fourth-order valence-corrected chi connectivity index (χ4v) is 2.99. The Labute approximate surface area is 135 Å². The fraction of sp³-hybridized carbons (Fsp3) is 0.471. The van der Waals surface area contributed by atoms with E-state index in [0.29, 0.717) is 31.9 Å². The number of hydrogen-bond donors (Lipinski definition) is 3. The summed E-state index contributed by atoms with van der Waals surface area (Å²) in [5, 5.41) is 16.8. The van der Waals surface area contributed by atoms with Gasteiger partial charge >= 0.3 is 0 Å². The van der Waals surface area contributed by atoms with Crippen molar-refractivity contribution >= 4 is 16.9 Å². The van der Waals surface area contributed by atoms with Gasteiger partial charge in [0.05, 0.1) is 6.10 Å². The van der Waals surface area contributed by atoms with Crippen LogP contribution in [0.1, 0.15) is 16.1 Å². The van der Waals surface area contributed by atoms with E-state index in [-0.39, 0.29) is 11.8 Å². The van der Waals surface area contributed by atoms with Crippen molar-refractivity contribution in [3.05, 3.63) is 35.6 Å². The number of rotatable bonds is 5. The first kappa shape index (κ1) is 16.0. The van der Waals surface area contributed by atoms with Crippen LogP contribution < -0.4 is 10.6 Å². The number of benzene rings is 1. The maximum atomic E-state index is 12.6. The van der Waals surface area contributed by atoms with Gasteiger partial charge in [-0.2, -0.15) is 0 Å². The quantitative estimate of drug-likeness (QED) is 0.760. The normalized spacial score (nSPS) is 21.2. The number of furan rings is 1. The van der Waals surface area contributed by atoms with Crippen LogP contribution in [0.4, 0.5) is 0 Å². The van der Waals surface area contributed by atoms with Gasteiger partial charge < -0.3 is 25.1 Å². The molecule has 1 fully saturated rings. The fourth-order valence-electron chi connectivity index (χ4n) is 2.99. The molecule has 124 valence electrons. The number of amides is 1. The predicted molar refractivity (Wildman–Crippen MR) is 88.3 cm³/mol. The van der Waals surface area contributed by atoms with Gasteiger partial charge in [0.2, 0.25) is 0 Å². The molecule has 0 bridgehead atoms. The van der Waals surface area contributed by atoms with E-state index in [2.05, 4.69) is 10.6 Å². The molecule has 0 saturated carbocycles. The van der Waals surface area contributed by atoms with Crippen molar-refractivity contribution < 1.29 is 14.3 Å². The van der Waals surface area contributed by atoms with Crippen molar-refractivity contribution in [1.82, 2.24) is 15.5 Å². The molecule has 1 aromatic carbocycles. The number of β-amino-alcohol motifs (C(OH)–C–C–N with tert-alkyl or cyclic N) is 1. The average molecular weight is 317 g/mol. The average Bonchev–Trinajstić information content (AvgIpc) is 3.09. The van der Waals surface area contributed by atoms with E-state index in [4.69, 9.17) is 4.42 Å². The molecule has 1 aliphatic rings. The van der Waals surface area contributed by atoms with Crippen molar-refractivity contribution in [3.8, 4) is 0 Å². The monoisotopic (exact) mass is 317 g/mol. The molecule has 2 heterocycles. The Morgan fingerprint density at radius 1 is 1.39 bits per heavy atom. The molecular weight excluding hydrogens is 294 g/mol.